The molecule has 4 rings (SSSR count). The molecule has 0 fully saturated rings. The monoisotopic (exact) mass is 382 g/mol. The Morgan fingerprint density at radius 3 is 2.21 bits per heavy atom. The third kappa shape index (κ3) is 3.94. The second-order valence-corrected chi connectivity index (χ2v) is 7.13. The number of hydrogen-bond donors (Lipinski definition) is 2. The van der Waals surface area contributed by atoms with Gasteiger partial charge in [0.05, 0.1) is 5.52 Å². The van der Waals surface area contributed by atoms with Crippen molar-refractivity contribution >= 4 is 34.0 Å². The molecular formula is C24H22N4O. The molecule has 0 aliphatic heterocycles. The molecule has 0 saturated heterocycles. The lowest BCUT2D eigenvalue weighted by Crippen LogP contribution is -2.18. The molecule has 0 aliphatic carbocycles. The van der Waals surface area contributed by atoms with E-state index in [1.54, 1.807) is 0 Å². The van der Waals surface area contributed by atoms with Crippen molar-refractivity contribution in [3.63, 3.8) is 0 Å². The van der Waals surface area contributed by atoms with Gasteiger partial charge in [0.25, 0.3) is 5.91 Å². The van der Waals surface area contributed by atoms with Gasteiger partial charge in [-0.05, 0) is 56.2 Å². The van der Waals surface area contributed by atoms with Crippen molar-refractivity contribution in [1.29, 1.82) is 0 Å². The van der Waals surface area contributed by atoms with Crippen LogP contribution in [-0.2, 0) is 0 Å². The van der Waals surface area contributed by atoms with Gasteiger partial charge in [-0.25, -0.2) is 9.97 Å². The van der Waals surface area contributed by atoms with E-state index in [-0.39, 0.29) is 11.7 Å². The van der Waals surface area contributed by atoms with Crippen molar-refractivity contribution in [2.45, 2.75) is 20.8 Å². The zero-order valence-corrected chi connectivity index (χ0v) is 16.7. The molecule has 1 heterocycles. The third-order valence-corrected chi connectivity index (χ3v) is 4.76. The number of amides is 1. The van der Waals surface area contributed by atoms with Crippen LogP contribution in [-0.4, -0.2) is 15.9 Å². The number of rotatable bonds is 4. The number of para-hydroxylation sites is 2. The first-order chi connectivity index (χ1) is 14.0. The van der Waals surface area contributed by atoms with E-state index in [1.165, 1.54) is 0 Å². The SMILES string of the molecule is Cc1cc(C)c(NC(=O)c2nc(Nc3ccccc3)c3ccccc3n2)c(C)c1. The highest BCUT2D eigenvalue weighted by Gasteiger charge is 2.16. The van der Waals surface area contributed by atoms with Gasteiger partial charge in [0, 0.05) is 16.8 Å². The number of nitrogens with one attached hydrogen (secondary N) is 2. The van der Waals surface area contributed by atoms with Crippen LogP contribution in [0.25, 0.3) is 10.9 Å². The number of aromatic nitrogens is 2. The second-order valence-electron chi connectivity index (χ2n) is 7.13. The van der Waals surface area contributed by atoms with E-state index < -0.39 is 0 Å². The van der Waals surface area contributed by atoms with E-state index in [2.05, 4.69) is 20.6 Å². The molecule has 0 saturated carbocycles. The van der Waals surface area contributed by atoms with E-state index in [4.69, 9.17) is 0 Å². The number of hydrogen-bond acceptors (Lipinski definition) is 4. The molecule has 0 atom stereocenters. The standard InChI is InChI=1S/C24H22N4O/c1-15-13-16(2)21(17(3)14-15)27-24(29)23-26-20-12-8-7-11-19(20)22(28-23)25-18-9-5-4-6-10-18/h4-14H,1-3H3,(H,27,29)(H,25,26,28). The average Bonchev–Trinajstić information content (AvgIpc) is 2.71. The lowest BCUT2D eigenvalue weighted by molar-refractivity contribution is 0.101. The molecule has 2 N–H and O–H groups in total. The van der Waals surface area contributed by atoms with Gasteiger partial charge in [0.15, 0.2) is 0 Å². The largest absolute Gasteiger partial charge is 0.340 e. The maximum absolute atomic E-state index is 13.0. The predicted octanol–water partition coefficient (Wildman–Crippen LogP) is 5.55. The average molecular weight is 382 g/mol. The van der Waals surface area contributed by atoms with Gasteiger partial charge in [-0.3, -0.25) is 4.79 Å². The molecule has 0 radical (unpaired) electrons. The first-order valence-electron chi connectivity index (χ1n) is 9.49. The van der Waals surface area contributed by atoms with E-state index in [0.717, 1.165) is 33.5 Å². The fourth-order valence-corrected chi connectivity index (χ4v) is 3.48. The van der Waals surface area contributed by atoms with Crippen LogP contribution in [0.5, 0.6) is 0 Å². The van der Waals surface area contributed by atoms with Crippen LogP contribution < -0.4 is 10.6 Å². The first-order valence-corrected chi connectivity index (χ1v) is 9.49. The zero-order chi connectivity index (χ0) is 20.4. The molecule has 144 valence electrons. The molecule has 0 unspecified atom stereocenters. The van der Waals surface area contributed by atoms with E-state index in [9.17, 15) is 4.79 Å². The second kappa shape index (κ2) is 7.72. The van der Waals surface area contributed by atoms with Crippen LogP contribution >= 0.6 is 0 Å². The van der Waals surface area contributed by atoms with Gasteiger partial charge in [0.2, 0.25) is 5.82 Å². The van der Waals surface area contributed by atoms with Crippen molar-refractivity contribution in [2.75, 3.05) is 10.6 Å². The van der Waals surface area contributed by atoms with Gasteiger partial charge in [0.1, 0.15) is 5.82 Å². The Labute approximate surface area is 169 Å². The summed E-state index contributed by atoms with van der Waals surface area (Å²) in [5.74, 6) is 0.396. The summed E-state index contributed by atoms with van der Waals surface area (Å²) in [5, 5.41) is 7.15. The molecule has 1 aromatic heterocycles. The highest BCUT2D eigenvalue weighted by Crippen LogP contribution is 2.25. The number of anilines is 3. The maximum atomic E-state index is 13.0. The molecule has 0 bridgehead atoms. The van der Waals surface area contributed by atoms with E-state index in [1.807, 2.05) is 87.5 Å². The van der Waals surface area contributed by atoms with Crippen molar-refractivity contribution in [3.8, 4) is 0 Å². The van der Waals surface area contributed by atoms with Crippen LogP contribution in [0.1, 0.15) is 27.3 Å². The topological polar surface area (TPSA) is 66.9 Å². The smallest absolute Gasteiger partial charge is 0.293 e. The van der Waals surface area contributed by atoms with Gasteiger partial charge in [-0.15, -0.1) is 0 Å². The predicted molar refractivity (Wildman–Crippen MR) is 118 cm³/mol. The lowest BCUT2D eigenvalue weighted by atomic mass is 10.1. The Kier molecular flexibility index (Phi) is 4.96. The van der Waals surface area contributed by atoms with Crippen LogP contribution in [0.3, 0.4) is 0 Å². The summed E-state index contributed by atoms with van der Waals surface area (Å²) in [4.78, 5) is 22.0. The summed E-state index contributed by atoms with van der Waals surface area (Å²) in [6.45, 7) is 6.01. The molecule has 4 aromatic rings. The minimum absolute atomic E-state index is 0.126. The van der Waals surface area contributed by atoms with Crippen LogP contribution in [0.15, 0.2) is 66.7 Å². The molecule has 3 aromatic carbocycles. The lowest BCUT2D eigenvalue weighted by Gasteiger charge is -2.14. The van der Waals surface area contributed by atoms with Crippen molar-refractivity contribution in [1.82, 2.24) is 9.97 Å². The number of benzene rings is 3. The molecule has 0 aliphatic rings. The third-order valence-electron chi connectivity index (χ3n) is 4.76. The summed E-state index contributed by atoms with van der Waals surface area (Å²) in [5.41, 5.74) is 5.60. The summed E-state index contributed by atoms with van der Waals surface area (Å²) < 4.78 is 0. The summed E-state index contributed by atoms with van der Waals surface area (Å²) in [7, 11) is 0. The highest BCUT2D eigenvalue weighted by atomic mass is 16.2. The first kappa shape index (κ1) is 18.6. The van der Waals surface area contributed by atoms with Crippen molar-refractivity contribution in [3.05, 3.63) is 89.2 Å². The molecule has 5 nitrogen and oxygen atoms in total. The Hall–Kier alpha value is -3.73. The highest BCUT2D eigenvalue weighted by molar-refractivity contribution is 6.04. The quantitative estimate of drug-likeness (QED) is 0.485. The Balaban J connectivity index is 1.73. The minimum atomic E-state index is -0.332. The normalized spacial score (nSPS) is 10.7. The molecule has 0 spiro atoms. The number of aryl methyl sites for hydroxylation is 3. The minimum Gasteiger partial charge on any atom is -0.340 e. The van der Waals surface area contributed by atoms with Gasteiger partial charge in [-0.2, -0.15) is 0 Å². The van der Waals surface area contributed by atoms with Crippen LogP contribution in [0.2, 0.25) is 0 Å². The summed E-state index contributed by atoms with van der Waals surface area (Å²) in [6.07, 6.45) is 0. The molecular weight excluding hydrogens is 360 g/mol. The van der Waals surface area contributed by atoms with Crippen LogP contribution in [0, 0.1) is 20.8 Å². The van der Waals surface area contributed by atoms with Crippen molar-refractivity contribution in [2.24, 2.45) is 0 Å². The molecule has 29 heavy (non-hydrogen) atoms. The Morgan fingerprint density at radius 2 is 1.48 bits per heavy atom. The van der Waals surface area contributed by atoms with Gasteiger partial charge < -0.3 is 10.6 Å². The number of carbonyl (C=O) groups excluding carboxylic acids is 1. The van der Waals surface area contributed by atoms with Gasteiger partial charge in [-0.1, -0.05) is 48.0 Å². The Bertz CT molecular complexity index is 1180. The molecule has 1 amide bonds. The van der Waals surface area contributed by atoms with Crippen molar-refractivity contribution < 1.29 is 4.79 Å². The number of fused-ring (bicyclic) bond motifs is 1. The van der Waals surface area contributed by atoms with E-state index in [0.29, 0.717) is 11.3 Å². The zero-order valence-electron chi connectivity index (χ0n) is 16.7. The number of carbonyl (C=O) groups is 1. The van der Waals surface area contributed by atoms with Crippen LogP contribution in [0.4, 0.5) is 17.2 Å². The van der Waals surface area contributed by atoms with E-state index >= 15 is 0 Å². The van der Waals surface area contributed by atoms with Gasteiger partial charge >= 0.3 is 0 Å². The summed E-state index contributed by atoms with van der Waals surface area (Å²) >= 11 is 0. The maximum Gasteiger partial charge on any atom is 0.293 e. The number of nitrogens with zero attached hydrogens (tertiary/aromatic N) is 2. The molecule has 5 heteroatoms. The fraction of sp³-hybridized carbons (Fsp3) is 0.125. The fourth-order valence-electron chi connectivity index (χ4n) is 3.48. The Morgan fingerprint density at radius 1 is 0.828 bits per heavy atom. The summed E-state index contributed by atoms with van der Waals surface area (Å²) in [6, 6.07) is 21.5.